The third-order valence-corrected chi connectivity index (χ3v) is 6.02. The number of benzene rings is 1. The summed E-state index contributed by atoms with van der Waals surface area (Å²) in [7, 11) is 0. The van der Waals surface area contributed by atoms with E-state index in [1.54, 1.807) is 19.2 Å². The molecule has 8 nitrogen and oxygen atoms in total. The maximum absolute atomic E-state index is 12.9. The smallest absolute Gasteiger partial charge is 0.252 e. The molecule has 29 heavy (non-hydrogen) atoms. The molecule has 0 bridgehead atoms. The van der Waals surface area contributed by atoms with Crippen LogP contribution in [0.3, 0.4) is 0 Å². The van der Waals surface area contributed by atoms with Crippen LogP contribution in [0.2, 0.25) is 0 Å². The van der Waals surface area contributed by atoms with Crippen molar-refractivity contribution in [2.24, 2.45) is 0 Å². The number of aromatic nitrogens is 3. The second-order valence-corrected chi connectivity index (χ2v) is 7.74. The minimum atomic E-state index is -0.272. The highest BCUT2D eigenvalue weighted by Crippen LogP contribution is 2.59. The second-order valence-electron chi connectivity index (χ2n) is 7.74. The van der Waals surface area contributed by atoms with Gasteiger partial charge in [-0.3, -0.25) is 14.6 Å². The van der Waals surface area contributed by atoms with Crippen molar-refractivity contribution in [2.45, 2.75) is 37.6 Å². The molecule has 2 unspecified atom stereocenters. The Morgan fingerprint density at radius 1 is 1.31 bits per heavy atom. The Hall–Kier alpha value is -3.29. The van der Waals surface area contributed by atoms with Gasteiger partial charge in [-0.15, -0.1) is 0 Å². The van der Waals surface area contributed by atoms with Crippen LogP contribution in [-0.2, 0) is 4.79 Å². The maximum Gasteiger partial charge on any atom is 0.252 e. The Balaban J connectivity index is 1.28. The van der Waals surface area contributed by atoms with Gasteiger partial charge in [-0.25, -0.2) is 0 Å². The van der Waals surface area contributed by atoms with Crippen LogP contribution in [0.1, 0.15) is 47.3 Å². The molecular formula is C21H21N5O3. The average molecular weight is 391 g/mol. The summed E-state index contributed by atoms with van der Waals surface area (Å²) in [5.74, 6) is 0.985. The quantitative estimate of drug-likeness (QED) is 0.732. The van der Waals surface area contributed by atoms with Gasteiger partial charge in [0.25, 0.3) is 5.91 Å². The van der Waals surface area contributed by atoms with Crippen LogP contribution in [0.25, 0.3) is 10.9 Å². The van der Waals surface area contributed by atoms with Gasteiger partial charge < -0.3 is 14.7 Å². The first-order chi connectivity index (χ1) is 14.1. The number of nitrogens with zero attached hydrogens (tertiary/aromatic N) is 4. The molecule has 3 aromatic rings. The van der Waals surface area contributed by atoms with Gasteiger partial charge in [-0.2, -0.15) is 4.98 Å². The van der Waals surface area contributed by atoms with Gasteiger partial charge in [0.1, 0.15) is 0 Å². The maximum atomic E-state index is 12.9. The number of likely N-dealkylation sites (tertiary alicyclic amines) is 1. The normalized spacial score (nSPS) is 22.9. The lowest BCUT2D eigenvalue weighted by Gasteiger charge is -2.25. The average Bonchev–Trinajstić information content (AvgIpc) is 3.05. The molecule has 3 heterocycles. The number of para-hydroxylation sites is 1. The highest BCUT2D eigenvalue weighted by molar-refractivity contribution is 6.06. The molecule has 2 amide bonds. The lowest BCUT2D eigenvalue weighted by molar-refractivity contribution is -0.131. The number of pyridine rings is 1. The van der Waals surface area contributed by atoms with E-state index in [-0.39, 0.29) is 29.8 Å². The van der Waals surface area contributed by atoms with Crippen molar-refractivity contribution in [3.8, 4) is 0 Å². The summed E-state index contributed by atoms with van der Waals surface area (Å²) < 4.78 is 5.10. The molecule has 2 fully saturated rings. The van der Waals surface area contributed by atoms with Crippen LogP contribution in [0.15, 0.2) is 41.1 Å². The lowest BCUT2D eigenvalue weighted by Crippen LogP contribution is -2.44. The van der Waals surface area contributed by atoms with E-state index >= 15 is 0 Å². The molecule has 1 aliphatic carbocycles. The number of amides is 2. The molecular weight excluding hydrogens is 370 g/mol. The predicted molar refractivity (Wildman–Crippen MR) is 104 cm³/mol. The predicted octanol–water partition coefficient (Wildman–Crippen LogP) is 2.20. The van der Waals surface area contributed by atoms with E-state index in [4.69, 9.17) is 4.52 Å². The molecule has 148 valence electrons. The zero-order chi connectivity index (χ0) is 20.0. The van der Waals surface area contributed by atoms with E-state index < -0.39 is 0 Å². The number of fused-ring (bicyclic) bond motifs is 1. The SMILES string of the molecule is Cc1nc(C2CC23CCCN3C(=O)CNC(=O)c2ccnc3ccccc23)no1. The number of carbonyl (C=O) groups is 2. The minimum Gasteiger partial charge on any atom is -0.343 e. The number of carbonyl (C=O) groups excluding carboxylic acids is 2. The largest absolute Gasteiger partial charge is 0.343 e. The summed E-state index contributed by atoms with van der Waals surface area (Å²) in [4.78, 5) is 36.1. The van der Waals surface area contributed by atoms with Crippen molar-refractivity contribution in [3.05, 3.63) is 53.8 Å². The summed E-state index contributed by atoms with van der Waals surface area (Å²) in [5.41, 5.74) is 1.05. The van der Waals surface area contributed by atoms with Crippen LogP contribution >= 0.6 is 0 Å². The first-order valence-corrected chi connectivity index (χ1v) is 9.81. The van der Waals surface area contributed by atoms with Crippen molar-refractivity contribution in [2.75, 3.05) is 13.1 Å². The van der Waals surface area contributed by atoms with Crippen LogP contribution in [0.5, 0.6) is 0 Å². The van der Waals surface area contributed by atoms with Crippen molar-refractivity contribution >= 4 is 22.7 Å². The molecule has 2 aromatic heterocycles. The van der Waals surface area contributed by atoms with Gasteiger partial charge in [0.05, 0.1) is 23.2 Å². The summed E-state index contributed by atoms with van der Waals surface area (Å²) in [6, 6.07) is 9.14. The summed E-state index contributed by atoms with van der Waals surface area (Å²) in [5, 5.41) is 7.59. The fourth-order valence-corrected chi connectivity index (χ4v) is 4.57. The van der Waals surface area contributed by atoms with E-state index in [2.05, 4.69) is 20.4 Å². The number of hydrogen-bond acceptors (Lipinski definition) is 6. The highest BCUT2D eigenvalue weighted by Gasteiger charge is 2.63. The number of nitrogens with one attached hydrogen (secondary N) is 1. The molecule has 1 saturated carbocycles. The van der Waals surface area contributed by atoms with Crippen LogP contribution in [0.4, 0.5) is 0 Å². The molecule has 8 heteroatoms. The summed E-state index contributed by atoms with van der Waals surface area (Å²) in [6.07, 6.45) is 4.33. The topological polar surface area (TPSA) is 101 Å². The Kier molecular flexibility index (Phi) is 4.08. The third-order valence-electron chi connectivity index (χ3n) is 6.02. The van der Waals surface area contributed by atoms with E-state index in [0.717, 1.165) is 30.2 Å². The number of hydrogen-bond donors (Lipinski definition) is 1. The first-order valence-electron chi connectivity index (χ1n) is 9.81. The Bertz CT molecular complexity index is 1110. The molecule has 2 aliphatic rings. The van der Waals surface area contributed by atoms with Crippen molar-refractivity contribution in [1.82, 2.24) is 25.3 Å². The van der Waals surface area contributed by atoms with E-state index in [9.17, 15) is 9.59 Å². The van der Waals surface area contributed by atoms with E-state index in [0.29, 0.717) is 23.8 Å². The Labute approximate surface area is 167 Å². The minimum absolute atomic E-state index is 0.0325. The second kappa shape index (κ2) is 6.65. The molecule has 1 aliphatic heterocycles. The zero-order valence-corrected chi connectivity index (χ0v) is 16.1. The first kappa shape index (κ1) is 17.8. The number of aryl methyl sites for hydroxylation is 1. The van der Waals surface area contributed by atoms with Gasteiger partial charge in [0, 0.05) is 31.0 Å². The Morgan fingerprint density at radius 3 is 3.00 bits per heavy atom. The van der Waals surface area contributed by atoms with Gasteiger partial charge in [0.2, 0.25) is 11.8 Å². The van der Waals surface area contributed by atoms with Gasteiger partial charge >= 0.3 is 0 Å². The van der Waals surface area contributed by atoms with Gasteiger partial charge in [0.15, 0.2) is 5.82 Å². The lowest BCUT2D eigenvalue weighted by atomic mass is 10.1. The molecule has 0 radical (unpaired) electrons. The zero-order valence-electron chi connectivity index (χ0n) is 16.1. The molecule has 1 aromatic carbocycles. The fourth-order valence-electron chi connectivity index (χ4n) is 4.57. The number of rotatable bonds is 4. The summed E-state index contributed by atoms with van der Waals surface area (Å²) >= 11 is 0. The molecule has 1 spiro atoms. The third kappa shape index (κ3) is 2.95. The molecule has 5 rings (SSSR count). The highest BCUT2D eigenvalue weighted by atomic mass is 16.5. The molecule has 1 saturated heterocycles. The summed E-state index contributed by atoms with van der Waals surface area (Å²) in [6.45, 7) is 2.43. The van der Waals surface area contributed by atoms with Crippen LogP contribution in [0, 0.1) is 6.92 Å². The standard InChI is InChI=1S/C21H21N5O3/c1-13-24-19(25-29-13)16-11-21(16)8-4-10-26(21)18(27)12-23-20(28)15-7-9-22-17-6-3-2-5-14(15)17/h2-3,5-7,9,16H,4,8,10-12H2,1H3,(H,23,28). The van der Waals surface area contributed by atoms with Crippen LogP contribution in [-0.4, -0.2) is 50.5 Å². The van der Waals surface area contributed by atoms with Crippen molar-refractivity contribution in [3.63, 3.8) is 0 Å². The van der Waals surface area contributed by atoms with Crippen molar-refractivity contribution < 1.29 is 14.1 Å². The van der Waals surface area contributed by atoms with Crippen molar-refractivity contribution in [1.29, 1.82) is 0 Å². The molecule has 2 atom stereocenters. The van der Waals surface area contributed by atoms with Gasteiger partial charge in [-0.1, -0.05) is 23.4 Å². The van der Waals surface area contributed by atoms with Crippen LogP contribution < -0.4 is 5.32 Å². The van der Waals surface area contributed by atoms with E-state index in [1.807, 2.05) is 29.2 Å². The Morgan fingerprint density at radius 2 is 2.17 bits per heavy atom. The fraction of sp³-hybridized carbons (Fsp3) is 0.381. The monoisotopic (exact) mass is 391 g/mol. The van der Waals surface area contributed by atoms with E-state index in [1.165, 1.54) is 0 Å². The molecule has 1 N–H and O–H groups in total. The van der Waals surface area contributed by atoms with Gasteiger partial charge in [-0.05, 0) is 31.4 Å².